The van der Waals surface area contributed by atoms with Gasteiger partial charge in [-0.3, -0.25) is 10.2 Å². The van der Waals surface area contributed by atoms with Crippen LogP contribution in [0.1, 0.15) is 18.9 Å². The minimum atomic E-state index is -0.240. The van der Waals surface area contributed by atoms with Crippen LogP contribution >= 0.6 is 11.3 Å². The van der Waals surface area contributed by atoms with Crippen LogP contribution in [-0.4, -0.2) is 28.6 Å². The van der Waals surface area contributed by atoms with Gasteiger partial charge in [0.15, 0.2) is 5.82 Å². The maximum absolute atomic E-state index is 13.5. The van der Waals surface area contributed by atoms with Crippen molar-refractivity contribution in [1.29, 1.82) is 0 Å². The smallest absolute Gasteiger partial charge is 0.328 e. The highest BCUT2D eigenvalue weighted by Gasteiger charge is 2.29. The molecule has 166 valence electrons. The number of benzene rings is 1. The molecule has 33 heavy (non-hydrogen) atoms. The molecule has 0 saturated heterocycles. The van der Waals surface area contributed by atoms with Crippen LogP contribution in [0.3, 0.4) is 0 Å². The van der Waals surface area contributed by atoms with Gasteiger partial charge >= 0.3 is 6.03 Å². The van der Waals surface area contributed by atoms with Gasteiger partial charge in [-0.05, 0) is 62.0 Å². The van der Waals surface area contributed by atoms with Gasteiger partial charge in [-0.2, -0.15) is 11.3 Å². The molecule has 2 amide bonds. The summed E-state index contributed by atoms with van der Waals surface area (Å²) >= 11 is 1.62. The van der Waals surface area contributed by atoms with Gasteiger partial charge < -0.3 is 5.32 Å². The number of nitrogens with one attached hydrogen (secondary N) is 2. The fourth-order valence-electron chi connectivity index (χ4n) is 4.03. The van der Waals surface area contributed by atoms with Gasteiger partial charge in [-0.15, -0.1) is 0 Å². The van der Waals surface area contributed by atoms with E-state index < -0.39 is 0 Å². The number of urea groups is 1. The van der Waals surface area contributed by atoms with Crippen LogP contribution in [0.4, 0.5) is 22.1 Å². The molecule has 1 atom stereocenters. The Balaban J connectivity index is 1.48. The zero-order valence-electron chi connectivity index (χ0n) is 18.6. The zero-order valence-corrected chi connectivity index (χ0v) is 19.4. The third-order valence-electron chi connectivity index (χ3n) is 5.76. The van der Waals surface area contributed by atoms with Crippen LogP contribution in [0.5, 0.6) is 0 Å². The lowest BCUT2D eigenvalue weighted by Gasteiger charge is -2.27. The second-order valence-corrected chi connectivity index (χ2v) is 9.00. The van der Waals surface area contributed by atoms with Crippen LogP contribution in [0.2, 0.25) is 0 Å². The lowest BCUT2D eigenvalue weighted by Crippen LogP contribution is -2.42. The van der Waals surface area contributed by atoms with Crippen molar-refractivity contribution >= 4 is 34.7 Å². The molecule has 2 N–H and O–H groups in total. The molecule has 0 spiro atoms. The van der Waals surface area contributed by atoms with E-state index in [9.17, 15) is 4.79 Å². The van der Waals surface area contributed by atoms with E-state index in [1.807, 2.05) is 66.2 Å². The number of amides is 2. The lowest BCUT2D eigenvalue weighted by molar-refractivity contribution is 0.255. The molecule has 0 radical (unpaired) electrons. The summed E-state index contributed by atoms with van der Waals surface area (Å²) in [6.07, 6.45) is 0.811. The largest absolute Gasteiger partial charge is 0.382 e. The van der Waals surface area contributed by atoms with Crippen LogP contribution < -0.4 is 15.5 Å². The van der Waals surface area contributed by atoms with Crippen molar-refractivity contribution in [2.24, 2.45) is 0 Å². The molecule has 4 aromatic rings. The molecule has 0 bridgehead atoms. The summed E-state index contributed by atoms with van der Waals surface area (Å²) in [5.41, 5.74) is 5.76. The Morgan fingerprint density at radius 1 is 1.06 bits per heavy atom. The van der Waals surface area contributed by atoms with Crippen molar-refractivity contribution < 1.29 is 4.79 Å². The fourth-order valence-corrected chi connectivity index (χ4v) is 4.68. The number of anilines is 3. The van der Waals surface area contributed by atoms with Gasteiger partial charge in [0.1, 0.15) is 5.82 Å². The van der Waals surface area contributed by atoms with Gasteiger partial charge in [0.05, 0.1) is 17.1 Å². The predicted octanol–water partition coefficient (Wildman–Crippen LogP) is 6.42. The summed E-state index contributed by atoms with van der Waals surface area (Å²) < 4.78 is 0. The number of pyridine rings is 2. The first-order valence-corrected chi connectivity index (χ1v) is 11.9. The number of fused-ring (bicyclic) bond motifs is 1. The first kappa shape index (κ1) is 21.2. The van der Waals surface area contributed by atoms with Gasteiger partial charge in [-0.25, -0.2) is 14.8 Å². The number of rotatable bonds is 3. The number of hydrogen-bond donors (Lipinski definition) is 2. The monoisotopic (exact) mass is 455 g/mol. The third kappa shape index (κ3) is 4.45. The van der Waals surface area contributed by atoms with E-state index in [1.54, 1.807) is 16.2 Å². The van der Waals surface area contributed by atoms with E-state index in [-0.39, 0.29) is 12.1 Å². The van der Waals surface area contributed by atoms with E-state index in [4.69, 9.17) is 4.98 Å². The molecule has 7 heteroatoms. The fraction of sp³-hybridized carbons (Fsp3) is 0.192. The van der Waals surface area contributed by atoms with E-state index in [0.29, 0.717) is 11.6 Å². The standard InChI is InChI=1S/C26H25N5OS/c1-17-5-3-6-19(15-17)22-9-10-23-25(29-22)31(18(2)11-13-27-23)26(32)30-24-8-4-7-21(28-24)20-12-14-33-16-20/h3-10,12,14-16,18,27H,11,13H2,1-2H3,(H,28,30,32)/t18-/m1/s1. The summed E-state index contributed by atoms with van der Waals surface area (Å²) in [5.74, 6) is 1.15. The topological polar surface area (TPSA) is 70.2 Å². The summed E-state index contributed by atoms with van der Waals surface area (Å²) in [6.45, 7) is 4.88. The highest BCUT2D eigenvalue weighted by molar-refractivity contribution is 7.08. The van der Waals surface area contributed by atoms with Crippen molar-refractivity contribution in [3.05, 3.63) is 77.0 Å². The number of hydrogen-bond acceptors (Lipinski definition) is 5. The summed E-state index contributed by atoms with van der Waals surface area (Å²) in [7, 11) is 0. The molecule has 3 aromatic heterocycles. The quantitative estimate of drug-likeness (QED) is 0.374. The summed E-state index contributed by atoms with van der Waals surface area (Å²) in [5, 5.41) is 10.5. The van der Waals surface area contributed by atoms with E-state index in [0.717, 1.165) is 41.2 Å². The number of aromatic nitrogens is 2. The van der Waals surface area contributed by atoms with Crippen LogP contribution in [0.15, 0.2) is 71.4 Å². The minimum absolute atomic E-state index is 0.0286. The Morgan fingerprint density at radius 2 is 1.91 bits per heavy atom. The molecule has 0 saturated carbocycles. The average molecular weight is 456 g/mol. The van der Waals surface area contributed by atoms with Crippen molar-refractivity contribution in [3.8, 4) is 22.5 Å². The molecule has 0 aliphatic carbocycles. The Hall–Kier alpha value is -3.71. The van der Waals surface area contributed by atoms with E-state index in [1.165, 1.54) is 5.56 Å². The maximum atomic E-state index is 13.5. The second kappa shape index (κ2) is 9.03. The molecule has 6 nitrogen and oxygen atoms in total. The van der Waals surface area contributed by atoms with Crippen molar-refractivity contribution in [3.63, 3.8) is 0 Å². The summed E-state index contributed by atoms with van der Waals surface area (Å²) in [6, 6.07) is 19.7. The molecule has 1 aliphatic rings. The first-order chi connectivity index (χ1) is 16.1. The number of aryl methyl sites for hydroxylation is 1. The van der Waals surface area contributed by atoms with Crippen LogP contribution in [-0.2, 0) is 0 Å². The predicted molar refractivity (Wildman–Crippen MR) is 136 cm³/mol. The lowest BCUT2D eigenvalue weighted by atomic mass is 10.1. The number of carbonyl (C=O) groups excluding carboxylic acids is 1. The zero-order chi connectivity index (χ0) is 22.8. The van der Waals surface area contributed by atoms with E-state index in [2.05, 4.69) is 34.7 Å². The maximum Gasteiger partial charge on any atom is 0.328 e. The number of nitrogens with zero attached hydrogens (tertiary/aromatic N) is 3. The molecule has 5 rings (SSSR count). The number of thiophene rings is 1. The first-order valence-electron chi connectivity index (χ1n) is 11.0. The highest BCUT2D eigenvalue weighted by atomic mass is 32.1. The second-order valence-electron chi connectivity index (χ2n) is 8.22. The molecule has 0 fully saturated rings. The van der Waals surface area contributed by atoms with Gasteiger partial charge in [-0.1, -0.05) is 29.8 Å². The Bertz CT molecular complexity index is 1290. The Kier molecular flexibility index (Phi) is 5.79. The van der Waals surface area contributed by atoms with Gasteiger partial charge in [0.25, 0.3) is 0 Å². The van der Waals surface area contributed by atoms with Crippen LogP contribution in [0, 0.1) is 6.92 Å². The van der Waals surface area contributed by atoms with Gasteiger partial charge in [0.2, 0.25) is 0 Å². The SMILES string of the molecule is Cc1cccc(-c2ccc3c(n2)N(C(=O)Nc2cccc(-c4ccsc4)n2)[C@H](C)CCN3)c1. The number of carbonyl (C=O) groups is 1. The normalized spacial score (nSPS) is 15.3. The minimum Gasteiger partial charge on any atom is -0.382 e. The highest BCUT2D eigenvalue weighted by Crippen LogP contribution is 2.33. The van der Waals surface area contributed by atoms with Crippen molar-refractivity contribution in [2.75, 3.05) is 22.1 Å². The molecular weight excluding hydrogens is 430 g/mol. The third-order valence-corrected chi connectivity index (χ3v) is 6.44. The molecule has 0 unspecified atom stereocenters. The van der Waals surface area contributed by atoms with Crippen molar-refractivity contribution in [2.45, 2.75) is 26.3 Å². The Morgan fingerprint density at radius 3 is 2.73 bits per heavy atom. The van der Waals surface area contributed by atoms with Gasteiger partial charge in [0, 0.05) is 29.1 Å². The summed E-state index contributed by atoms with van der Waals surface area (Å²) in [4.78, 5) is 24.8. The molecule has 1 aliphatic heterocycles. The van der Waals surface area contributed by atoms with Crippen LogP contribution in [0.25, 0.3) is 22.5 Å². The molecular formula is C26H25N5OS. The average Bonchev–Trinajstić information content (AvgIpc) is 3.30. The Labute approximate surface area is 197 Å². The molecule has 4 heterocycles. The van der Waals surface area contributed by atoms with E-state index >= 15 is 0 Å². The van der Waals surface area contributed by atoms with Crippen molar-refractivity contribution in [1.82, 2.24) is 9.97 Å². The molecule has 1 aromatic carbocycles.